The molecule has 3 unspecified atom stereocenters. The molecule has 0 spiro atoms. The van der Waals surface area contributed by atoms with E-state index in [1.807, 2.05) is 6.08 Å². The minimum Gasteiger partial charge on any atom is -0.485 e. The summed E-state index contributed by atoms with van der Waals surface area (Å²) in [5, 5.41) is 0. The molecule has 0 aromatic heterocycles. The summed E-state index contributed by atoms with van der Waals surface area (Å²) in [6, 6.07) is 0. The summed E-state index contributed by atoms with van der Waals surface area (Å²) in [7, 11) is 0. The molecule has 1 aliphatic heterocycles. The highest BCUT2D eigenvalue weighted by molar-refractivity contribution is 5.44. The van der Waals surface area contributed by atoms with Gasteiger partial charge in [0.1, 0.15) is 11.9 Å². The molecule has 2 fully saturated rings. The molecule has 0 N–H and O–H groups in total. The van der Waals surface area contributed by atoms with Crippen molar-refractivity contribution in [3.63, 3.8) is 0 Å². The SMILES string of the molecule is C=C/C(C)=C1/OC2C(=C)CCC3CCC=C1C32. The average molecular weight is 228 g/mol. The summed E-state index contributed by atoms with van der Waals surface area (Å²) in [4.78, 5) is 0. The largest absolute Gasteiger partial charge is 0.485 e. The van der Waals surface area contributed by atoms with Gasteiger partial charge in [-0.2, -0.15) is 0 Å². The van der Waals surface area contributed by atoms with Gasteiger partial charge in [0.15, 0.2) is 0 Å². The number of hydrogen-bond acceptors (Lipinski definition) is 1. The highest BCUT2D eigenvalue weighted by atomic mass is 16.5. The van der Waals surface area contributed by atoms with Crippen molar-refractivity contribution in [2.24, 2.45) is 11.8 Å². The number of hydrogen-bond donors (Lipinski definition) is 0. The summed E-state index contributed by atoms with van der Waals surface area (Å²) in [6.45, 7) is 10.2. The Kier molecular flexibility index (Phi) is 2.50. The molecule has 1 heterocycles. The van der Waals surface area contributed by atoms with Gasteiger partial charge in [-0.15, -0.1) is 0 Å². The Morgan fingerprint density at radius 1 is 1.47 bits per heavy atom. The lowest BCUT2D eigenvalue weighted by atomic mass is 9.68. The van der Waals surface area contributed by atoms with Crippen LogP contribution in [0.4, 0.5) is 0 Å². The molecule has 0 aromatic carbocycles. The van der Waals surface area contributed by atoms with E-state index >= 15 is 0 Å². The summed E-state index contributed by atoms with van der Waals surface area (Å²) in [5.74, 6) is 2.47. The molecule has 2 aliphatic carbocycles. The van der Waals surface area contributed by atoms with Crippen LogP contribution in [0.25, 0.3) is 0 Å². The second-order valence-electron chi connectivity index (χ2n) is 5.47. The summed E-state index contributed by atoms with van der Waals surface area (Å²) in [6.07, 6.45) is 9.47. The first-order valence-corrected chi connectivity index (χ1v) is 6.60. The maximum atomic E-state index is 6.18. The molecule has 0 bridgehead atoms. The van der Waals surface area contributed by atoms with Crippen LogP contribution in [0.1, 0.15) is 32.6 Å². The van der Waals surface area contributed by atoms with Crippen molar-refractivity contribution in [2.45, 2.75) is 38.7 Å². The van der Waals surface area contributed by atoms with Crippen molar-refractivity contribution >= 4 is 0 Å². The van der Waals surface area contributed by atoms with Gasteiger partial charge in [-0.3, -0.25) is 0 Å². The zero-order valence-electron chi connectivity index (χ0n) is 10.5. The lowest BCUT2D eigenvalue weighted by molar-refractivity contribution is 0.108. The molecule has 0 amide bonds. The standard InChI is InChI=1S/C16H20O/c1-4-10(2)15-13-7-5-6-12-9-8-11(3)16(17-15)14(12)13/h4,7,12,14,16H,1,3,5-6,8-9H2,2H3/b15-10+. The lowest BCUT2D eigenvalue weighted by Gasteiger charge is -2.35. The Morgan fingerprint density at radius 3 is 3.06 bits per heavy atom. The van der Waals surface area contributed by atoms with Gasteiger partial charge in [0, 0.05) is 5.92 Å². The van der Waals surface area contributed by atoms with Gasteiger partial charge in [0.2, 0.25) is 0 Å². The van der Waals surface area contributed by atoms with Crippen LogP contribution < -0.4 is 0 Å². The zero-order chi connectivity index (χ0) is 12.0. The van der Waals surface area contributed by atoms with E-state index in [-0.39, 0.29) is 6.10 Å². The molecule has 1 nitrogen and oxygen atoms in total. The van der Waals surface area contributed by atoms with Gasteiger partial charge in [-0.1, -0.05) is 25.3 Å². The fourth-order valence-electron chi connectivity index (χ4n) is 3.53. The van der Waals surface area contributed by atoms with Crippen molar-refractivity contribution in [3.8, 4) is 0 Å². The highest BCUT2D eigenvalue weighted by Crippen LogP contribution is 2.52. The minimum absolute atomic E-state index is 0.241. The maximum absolute atomic E-state index is 6.18. The van der Waals surface area contributed by atoms with Crippen LogP contribution in [0.5, 0.6) is 0 Å². The van der Waals surface area contributed by atoms with Gasteiger partial charge in [0.25, 0.3) is 0 Å². The van der Waals surface area contributed by atoms with E-state index in [9.17, 15) is 0 Å². The molecule has 90 valence electrons. The maximum Gasteiger partial charge on any atom is 0.127 e. The highest BCUT2D eigenvalue weighted by Gasteiger charge is 2.47. The van der Waals surface area contributed by atoms with Gasteiger partial charge in [-0.25, -0.2) is 0 Å². The predicted molar refractivity (Wildman–Crippen MR) is 70.4 cm³/mol. The third-order valence-corrected chi connectivity index (χ3v) is 4.50. The first kappa shape index (κ1) is 10.9. The van der Waals surface area contributed by atoms with Gasteiger partial charge in [-0.05, 0) is 55.2 Å². The van der Waals surface area contributed by atoms with Gasteiger partial charge >= 0.3 is 0 Å². The second-order valence-corrected chi connectivity index (χ2v) is 5.47. The number of rotatable bonds is 1. The molecular formula is C16H20O. The Balaban J connectivity index is 2.08. The fourth-order valence-corrected chi connectivity index (χ4v) is 3.53. The number of ether oxygens (including phenoxy) is 1. The van der Waals surface area contributed by atoms with Crippen molar-refractivity contribution in [2.75, 3.05) is 0 Å². The molecule has 0 aromatic rings. The van der Waals surface area contributed by atoms with E-state index in [0.717, 1.165) is 18.1 Å². The van der Waals surface area contributed by atoms with Crippen molar-refractivity contribution in [1.29, 1.82) is 0 Å². The fraction of sp³-hybridized carbons (Fsp3) is 0.500. The Labute approximate surface area is 104 Å². The smallest absolute Gasteiger partial charge is 0.127 e. The average Bonchev–Trinajstić information content (AvgIpc) is 2.75. The monoisotopic (exact) mass is 228 g/mol. The Morgan fingerprint density at radius 2 is 2.29 bits per heavy atom. The molecule has 1 saturated heterocycles. The van der Waals surface area contributed by atoms with Crippen molar-refractivity contribution < 1.29 is 4.74 Å². The summed E-state index contributed by atoms with van der Waals surface area (Å²) < 4.78 is 6.18. The van der Waals surface area contributed by atoms with Crippen LogP contribution >= 0.6 is 0 Å². The zero-order valence-corrected chi connectivity index (χ0v) is 10.5. The first-order chi connectivity index (χ1) is 8.22. The van der Waals surface area contributed by atoms with E-state index in [1.54, 1.807) is 0 Å². The van der Waals surface area contributed by atoms with Crippen LogP contribution in [0.15, 0.2) is 47.8 Å². The second kappa shape index (κ2) is 3.90. The molecule has 17 heavy (non-hydrogen) atoms. The number of allylic oxidation sites excluding steroid dienone is 4. The molecule has 1 heteroatoms. The van der Waals surface area contributed by atoms with Gasteiger partial charge in [0.05, 0.1) is 0 Å². The van der Waals surface area contributed by atoms with Gasteiger partial charge < -0.3 is 4.74 Å². The van der Waals surface area contributed by atoms with Crippen molar-refractivity contribution in [1.82, 2.24) is 0 Å². The van der Waals surface area contributed by atoms with Crippen LogP contribution in [-0.2, 0) is 4.74 Å². The van der Waals surface area contributed by atoms with Crippen LogP contribution in [0.3, 0.4) is 0 Å². The summed E-state index contributed by atoms with van der Waals surface area (Å²) in [5.41, 5.74) is 3.88. The lowest BCUT2D eigenvalue weighted by Crippen LogP contribution is -2.32. The van der Waals surface area contributed by atoms with E-state index in [1.165, 1.54) is 36.0 Å². The molecule has 1 saturated carbocycles. The Hall–Kier alpha value is -1.24. The van der Waals surface area contributed by atoms with Crippen molar-refractivity contribution in [3.05, 3.63) is 47.8 Å². The third-order valence-electron chi connectivity index (χ3n) is 4.50. The normalized spacial score (nSPS) is 38.1. The third kappa shape index (κ3) is 1.52. The molecule has 3 aliphatic rings. The Bertz CT molecular complexity index is 438. The first-order valence-electron chi connectivity index (χ1n) is 6.60. The quantitative estimate of drug-likeness (QED) is 0.613. The van der Waals surface area contributed by atoms with Crippen LogP contribution in [-0.4, -0.2) is 6.10 Å². The van der Waals surface area contributed by atoms with E-state index in [0.29, 0.717) is 5.92 Å². The molecule has 3 rings (SSSR count). The summed E-state index contributed by atoms with van der Waals surface area (Å²) >= 11 is 0. The molecule has 0 radical (unpaired) electrons. The minimum atomic E-state index is 0.241. The molecular weight excluding hydrogens is 208 g/mol. The molecule has 3 atom stereocenters. The van der Waals surface area contributed by atoms with Crippen LogP contribution in [0.2, 0.25) is 0 Å². The topological polar surface area (TPSA) is 9.23 Å². The van der Waals surface area contributed by atoms with Crippen LogP contribution in [0, 0.1) is 11.8 Å². The predicted octanol–water partition coefficient (Wildman–Crippen LogP) is 4.15. The van der Waals surface area contributed by atoms with E-state index in [2.05, 4.69) is 26.2 Å². The van der Waals surface area contributed by atoms with E-state index < -0.39 is 0 Å². The van der Waals surface area contributed by atoms with E-state index in [4.69, 9.17) is 4.74 Å².